The van der Waals surface area contributed by atoms with E-state index in [4.69, 9.17) is 9.98 Å². The standard InChI is InChI=1S/C38H46N4.4BrH.2Cu/c1-25(2)33-21-29(22-34(26(3)4)37(33)41-19-15-31-13-9-11-17-39-31)30-23-35(27(5)6)38(36(24-30)28(7)8)42-20-16-32-14-10-12-18-40-32;;;;;;/h9-14,17-28H,15-16H2,1-8H3;4*1H;;. The molecule has 0 bridgehead atoms. The van der Waals surface area contributed by atoms with Gasteiger partial charge in [0.25, 0.3) is 0 Å². The molecule has 0 fully saturated rings. The van der Waals surface area contributed by atoms with Crippen molar-refractivity contribution in [2.45, 2.75) is 91.9 Å². The molecule has 0 unspecified atom stereocenters. The number of pyridine rings is 2. The van der Waals surface area contributed by atoms with Crippen LogP contribution in [-0.2, 0) is 47.0 Å². The van der Waals surface area contributed by atoms with Gasteiger partial charge in [-0.3, -0.25) is 20.0 Å². The zero-order valence-corrected chi connectivity index (χ0v) is 37.6. The van der Waals surface area contributed by atoms with Crippen LogP contribution in [0.3, 0.4) is 0 Å². The number of aliphatic imine (C=N–C) groups is 2. The second kappa shape index (κ2) is 25.1. The summed E-state index contributed by atoms with van der Waals surface area (Å²) in [5.41, 5.74) is 11.9. The van der Waals surface area contributed by atoms with Crippen LogP contribution in [0.5, 0.6) is 0 Å². The number of nitrogens with zero attached hydrogens (tertiary/aromatic N) is 4. The minimum absolute atomic E-state index is 0. The smallest absolute Gasteiger partial charge is 0.0695 e. The first-order valence-corrected chi connectivity index (χ1v) is 15.4. The maximum absolute atomic E-state index is 5.05. The molecule has 4 rings (SSSR count). The van der Waals surface area contributed by atoms with Crippen molar-refractivity contribution in [2.75, 3.05) is 0 Å². The topological polar surface area (TPSA) is 50.5 Å². The summed E-state index contributed by atoms with van der Waals surface area (Å²) < 4.78 is 0. The molecule has 48 heavy (non-hydrogen) atoms. The maximum atomic E-state index is 5.05. The summed E-state index contributed by atoms with van der Waals surface area (Å²) in [6, 6.07) is 21.5. The molecule has 2 radical (unpaired) electrons. The SMILES string of the molecule is Br.Br.Br.Br.CC(C)c1cc(-c2cc(C(C)C)c(N=CCc3ccccn3)c(C(C)C)c2)cc(C(C)C)c1N=CCc1ccccn1.[Cu].[Cu]. The summed E-state index contributed by atoms with van der Waals surface area (Å²) >= 11 is 0. The van der Waals surface area contributed by atoms with E-state index in [0.717, 1.165) is 35.6 Å². The molecule has 0 aliphatic heterocycles. The Balaban J connectivity index is -0.00000337. The second-order valence-electron chi connectivity index (χ2n) is 12.3. The third-order valence-corrected chi connectivity index (χ3v) is 7.65. The molecule has 0 aliphatic carbocycles. The molecule has 2 heterocycles. The Bertz CT molecular complexity index is 1370. The minimum atomic E-state index is 0. The van der Waals surface area contributed by atoms with E-state index in [0.29, 0.717) is 23.7 Å². The van der Waals surface area contributed by atoms with E-state index in [9.17, 15) is 0 Å². The van der Waals surface area contributed by atoms with Gasteiger partial charge >= 0.3 is 0 Å². The van der Waals surface area contributed by atoms with E-state index in [1.807, 2.05) is 61.2 Å². The summed E-state index contributed by atoms with van der Waals surface area (Å²) in [7, 11) is 0. The molecule has 0 saturated carbocycles. The van der Waals surface area contributed by atoms with Crippen LogP contribution in [-0.4, -0.2) is 22.4 Å². The summed E-state index contributed by atoms with van der Waals surface area (Å²) in [5.74, 6) is 1.37. The van der Waals surface area contributed by atoms with Gasteiger partial charge in [0.15, 0.2) is 0 Å². The summed E-state index contributed by atoms with van der Waals surface area (Å²) in [5, 5.41) is 0. The van der Waals surface area contributed by atoms with Crippen LogP contribution < -0.4 is 0 Å². The first-order valence-electron chi connectivity index (χ1n) is 15.4. The molecule has 0 spiro atoms. The number of rotatable bonds is 11. The zero-order chi connectivity index (χ0) is 30.2. The predicted octanol–water partition coefficient (Wildman–Crippen LogP) is 12.8. The number of halogens is 4. The van der Waals surface area contributed by atoms with Crippen LogP contribution in [0, 0.1) is 0 Å². The van der Waals surface area contributed by atoms with Crippen LogP contribution in [0.1, 0.15) is 113 Å². The monoisotopic (exact) mass is 1000 g/mol. The number of aromatic nitrogens is 2. The minimum Gasteiger partial charge on any atom is -0.261 e. The number of hydrogen-bond acceptors (Lipinski definition) is 4. The van der Waals surface area contributed by atoms with Crippen molar-refractivity contribution in [2.24, 2.45) is 9.98 Å². The number of hydrogen-bond donors (Lipinski definition) is 0. The van der Waals surface area contributed by atoms with Crippen molar-refractivity contribution in [3.63, 3.8) is 0 Å². The normalized spacial score (nSPS) is 10.7. The second-order valence-corrected chi connectivity index (χ2v) is 12.3. The molecule has 0 aliphatic rings. The average Bonchev–Trinajstić information content (AvgIpc) is 2.97. The van der Waals surface area contributed by atoms with Crippen molar-refractivity contribution in [3.05, 3.63) is 107 Å². The van der Waals surface area contributed by atoms with E-state index < -0.39 is 0 Å². The Morgan fingerprint density at radius 2 is 0.792 bits per heavy atom. The van der Waals surface area contributed by atoms with Gasteiger partial charge in [-0.25, -0.2) is 0 Å². The predicted molar refractivity (Wildman–Crippen MR) is 222 cm³/mol. The molecule has 0 N–H and O–H groups in total. The summed E-state index contributed by atoms with van der Waals surface area (Å²) in [6.07, 6.45) is 9.14. The third-order valence-electron chi connectivity index (χ3n) is 7.65. The van der Waals surface area contributed by atoms with Crippen molar-refractivity contribution in [1.29, 1.82) is 0 Å². The van der Waals surface area contributed by atoms with Gasteiger partial charge in [-0.1, -0.05) is 67.5 Å². The molecule has 4 aromatic rings. The largest absolute Gasteiger partial charge is 0.261 e. The van der Waals surface area contributed by atoms with E-state index in [1.165, 1.54) is 33.4 Å². The van der Waals surface area contributed by atoms with Gasteiger partial charge in [0.05, 0.1) is 11.4 Å². The molecule has 0 saturated heterocycles. The molecule has 10 heteroatoms. The Hall–Kier alpha value is -0.961. The molecule has 0 amide bonds. The zero-order valence-electron chi connectivity index (χ0n) is 28.8. The van der Waals surface area contributed by atoms with Gasteiger partial charge in [-0.15, -0.1) is 67.9 Å². The molecule has 272 valence electrons. The van der Waals surface area contributed by atoms with Crippen molar-refractivity contribution < 1.29 is 34.1 Å². The van der Waals surface area contributed by atoms with Gasteiger partial charge in [-0.2, -0.15) is 0 Å². The Kier molecular flexibility index (Phi) is 26.8. The van der Waals surface area contributed by atoms with E-state index in [-0.39, 0.29) is 102 Å². The summed E-state index contributed by atoms with van der Waals surface area (Å²) in [4.78, 5) is 19.0. The van der Waals surface area contributed by atoms with E-state index in [1.54, 1.807) is 0 Å². The molecule has 2 aromatic heterocycles. The fourth-order valence-corrected chi connectivity index (χ4v) is 5.25. The van der Waals surface area contributed by atoms with Crippen LogP contribution in [0.2, 0.25) is 0 Å². The molecule has 0 atom stereocenters. The fraction of sp³-hybridized carbons (Fsp3) is 0.368. The van der Waals surface area contributed by atoms with Gasteiger partial charge in [-0.05, 0) is 106 Å². The van der Waals surface area contributed by atoms with E-state index >= 15 is 0 Å². The van der Waals surface area contributed by atoms with Crippen molar-refractivity contribution in [3.8, 4) is 11.1 Å². The fourth-order valence-electron chi connectivity index (χ4n) is 5.25. The van der Waals surface area contributed by atoms with Gasteiger partial charge < -0.3 is 0 Å². The Morgan fingerprint density at radius 3 is 1.02 bits per heavy atom. The van der Waals surface area contributed by atoms with Gasteiger partial charge in [0.2, 0.25) is 0 Å². The van der Waals surface area contributed by atoms with Crippen molar-refractivity contribution in [1.82, 2.24) is 9.97 Å². The van der Waals surface area contributed by atoms with Crippen LogP contribution in [0.25, 0.3) is 11.1 Å². The molecule has 2 aromatic carbocycles. The van der Waals surface area contributed by atoms with Gasteiger partial charge in [0, 0.05) is 83.2 Å². The molecule has 4 nitrogen and oxygen atoms in total. The first-order chi connectivity index (χ1) is 20.2. The van der Waals surface area contributed by atoms with E-state index in [2.05, 4.69) is 89.6 Å². The first kappa shape index (κ1) is 51.4. The third kappa shape index (κ3) is 14.0. The molecular formula is C38H50Br4Cu2N4. The Morgan fingerprint density at radius 1 is 0.500 bits per heavy atom. The average molecular weight is 1010 g/mol. The van der Waals surface area contributed by atoms with Crippen LogP contribution in [0.4, 0.5) is 11.4 Å². The van der Waals surface area contributed by atoms with Crippen molar-refractivity contribution >= 4 is 91.7 Å². The quantitative estimate of drug-likeness (QED) is 0.111. The maximum Gasteiger partial charge on any atom is 0.0695 e. The van der Waals surface area contributed by atoms with Crippen LogP contribution in [0.15, 0.2) is 83.0 Å². The Labute approximate surface area is 352 Å². The van der Waals surface area contributed by atoms with Gasteiger partial charge in [0.1, 0.15) is 0 Å². The summed E-state index contributed by atoms with van der Waals surface area (Å²) in [6.45, 7) is 18.1. The molecular weight excluding hydrogens is 959 g/mol. The van der Waals surface area contributed by atoms with Crippen LogP contribution >= 0.6 is 67.9 Å². The number of benzene rings is 2.